The largest absolute Gasteiger partial charge is 0.289 e. The molecule has 0 fully saturated rings. The van der Waals surface area contributed by atoms with Gasteiger partial charge in [0, 0.05) is 5.57 Å². The number of Topliss-reactive ketones (excluding diaryl/α,β-unsaturated/α-hetero) is 1. The molecule has 0 spiro atoms. The van der Waals surface area contributed by atoms with Gasteiger partial charge in [-0.2, -0.15) is 5.10 Å². The molecule has 60 valence electrons. The Morgan fingerprint density at radius 2 is 2.17 bits per heavy atom. The number of carbonyl (C=O) groups excluding carboxylic acids is 2. The van der Waals surface area contributed by atoms with Crippen molar-refractivity contribution in [3.8, 4) is 0 Å². The van der Waals surface area contributed by atoms with Gasteiger partial charge in [-0.1, -0.05) is 0 Å². The van der Waals surface area contributed by atoms with Crippen molar-refractivity contribution in [2.75, 3.05) is 0 Å². The van der Waals surface area contributed by atoms with E-state index in [0.29, 0.717) is 16.8 Å². The molecule has 4 nitrogen and oxygen atoms in total. The maximum absolute atomic E-state index is 11.3. The number of rotatable bonds is 0. The molecule has 0 aromatic carbocycles. The zero-order valence-corrected chi connectivity index (χ0v) is 6.42. The highest BCUT2D eigenvalue weighted by molar-refractivity contribution is 6.23. The van der Waals surface area contributed by atoms with E-state index in [2.05, 4.69) is 10.2 Å². The summed E-state index contributed by atoms with van der Waals surface area (Å²) < 4.78 is 0. The third kappa shape index (κ3) is 0.747. The summed E-state index contributed by atoms with van der Waals surface area (Å²) >= 11 is 0. The van der Waals surface area contributed by atoms with Crippen molar-refractivity contribution in [3.05, 3.63) is 29.1 Å². The molecule has 0 amide bonds. The van der Waals surface area contributed by atoms with Gasteiger partial charge in [0.05, 0.1) is 11.8 Å². The number of H-pyrrole nitrogens is 1. The molecule has 0 unspecified atom stereocenters. The molecule has 0 saturated heterocycles. The molecule has 12 heavy (non-hydrogen) atoms. The standard InChI is InChI=1S/C8H6N2O2/c1-4-2-6(11)7-5(8(4)12)3-9-10-7/h2-3H,1H3,(H,9,10). The van der Waals surface area contributed by atoms with Crippen LogP contribution in [0.3, 0.4) is 0 Å². The monoisotopic (exact) mass is 162 g/mol. The van der Waals surface area contributed by atoms with Crippen LogP contribution in [0.4, 0.5) is 0 Å². The average molecular weight is 162 g/mol. The van der Waals surface area contributed by atoms with Gasteiger partial charge in [-0.3, -0.25) is 14.7 Å². The Hall–Kier alpha value is -1.71. The van der Waals surface area contributed by atoms with Crippen LogP contribution >= 0.6 is 0 Å². The Morgan fingerprint density at radius 1 is 1.42 bits per heavy atom. The van der Waals surface area contributed by atoms with E-state index in [4.69, 9.17) is 0 Å². The second-order valence-corrected chi connectivity index (χ2v) is 2.68. The summed E-state index contributed by atoms with van der Waals surface area (Å²) in [6.07, 6.45) is 2.70. The lowest BCUT2D eigenvalue weighted by Crippen LogP contribution is -2.13. The second-order valence-electron chi connectivity index (χ2n) is 2.68. The Kier molecular flexibility index (Phi) is 1.24. The molecule has 0 bridgehead atoms. The summed E-state index contributed by atoms with van der Waals surface area (Å²) in [5.74, 6) is -0.307. The van der Waals surface area contributed by atoms with Crippen LogP contribution in [0.1, 0.15) is 27.8 Å². The number of aromatic nitrogens is 2. The van der Waals surface area contributed by atoms with Crippen LogP contribution in [-0.4, -0.2) is 21.8 Å². The molecule has 1 aliphatic rings. The summed E-state index contributed by atoms with van der Waals surface area (Å²) in [6, 6.07) is 0. The van der Waals surface area contributed by atoms with E-state index in [9.17, 15) is 9.59 Å². The number of nitrogens with zero attached hydrogens (tertiary/aromatic N) is 1. The van der Waals surface area contributed by atoms with Crippen LogP contribution < -0.4 is 0 Å². The van der Waals surface area contributed by atoms with E-state index in [1.165, 1.54) is 12.3 Å². The maximum Gasteiger partial charge on any atom is 0.204 e. The Morgan fingerprint density at radius 3 is 2.92 bits per heavy atom. The lowest BCUT2D eigenvalue weighted by molar-refractivity contribution is 0.0982. The van der Waals surface area contributed by atoms with Crippen LogP contribution in [0.2, 0.25) is 0 Å². The first kappa shape index (κ1) is 6.97. The molecule has 0 saturated carbocycles. The SMILES string of the molecule is CC1=CC(=O)c2[nH]ncc2C1=O. The van der Waals surface area contributed by atoms with Gasteiger partial charge in [0.25, 0.3) is 0 Å². The highest BCUT2D eigenvalue weighted by Gasteiger charge is 2.24. The fourth-order valence-electron chi connectivity index (χ4n) is 1.19. The third-order valence-electron chi connectivity index (χ3n) is 1.84. The number of nitrogens with one attached hydrogen (secondary N) is 1. The topological polar surface area (TPSA) is 62.8 Å². The minimum atomic E-state index is -0.181. The van der Waals surface area contributed by atoms with Crippen molar-refractivity contribution in [3.63, 3.8) is 0 Å². The van der Waals surface area contributed by atoms with Gasteiger partial charge in [-0.15, -0.1) is 0 Å². The van der Waals surface area contributed by atoms with Crippen molar-refractivity contribution in [1.29, 1.82) is 0 Å². The zero-order valence-electron chi connectivity index (χ0n) is 6.42. The van der Waals surface area contributed by atoms with Gasteiger partial charge in [0.15, 0.2) is 5.78 Å². The molecule has 1 aromatic rings. The van der Waals surface area contributed by atoms with Gasteiger partial charge >= 0.3 is 0 Å². The molecule has 1 N–H and O–H groups in total. The number of hydrogen-bond donors (Lipinski definition) is 1. The minimum Gasteiger partial charge on any atom is -0.289 e. The molecule has 4 heteroatoms. The number of fused-ring (bicyclic) bond motifs is 1. The minimum absolute atomic E-state index is 0.127. The van der Waals surface area contributed by atoms with Gasteiger partial charge in [-0.05, 0) is 13.0 Å². The molecule has 2 rings (SSSR count). The molecular formula is C8H6N2O2. The fourth-order valence-corrected chi connectivity index (χ4v) is 1.19. The summed E-state index contributed by atoms with van der Waals surface area (Å²) in [5, 5.41) is 6.13. The summed E-state index contributed by atoms with van der Waals surface area (Å²) in [6.45, 7) is 1.62. The van der Waals surface area contributed by atoms with Gasteiger partial charge in [0.1, 0.15) is 5.69 Å². The molecule has 1 aliphatic carbocycles. The van der Waals surface area contributed by atoms with Crippen LogP contribution in [0.5, 0.6) is 0 Å². The number of carbonyl (C=O) groups is 2. The number of aromatic amines is 1. The van der Waals surface area contributed by atoms with Crippen LogP contribution in [0, 0.1) is 0 Å². The number of hydrogen-bond acceptors (Lipinski definition) is 3. The molecule has 0 atom stereocenters. The Labute approximate surface area is 68.3 Å². The van der Waals surface area contributed by atoms with Crippen LogP contribution in [0.15, 0.2) is 17.8 Å². The first-order valence-electron chi connectivity index (χ1n) is 3.51. The van der Waals surface area contributed by atoms with E-state index in [0.717, 1.165) is 0 Å². The maximum atomic E-state index is 11.3. The van der Waals surface area contributed by atoms with E-state index in [-0.39, 0.29) is 11.6 Å². The smallest absolute Gasteiger partial charge is 0.204 e. The van der Waals surface area contributed by atoms with Crippen LogP contribution in [-0.2, 0) is 0 Å². The first-order chi connectivity index (χ1) is 5.70. The molecule has 1 aromatic heterocycles. The second kappa shape index (κ2) is 2.14. The van der Waals surface area contributed by atoms with E-state index >= 15 is 0 Å². The zero-order chi connectivity index (χ0) is 8.72. The van der Waals surface area contributed by atoms with Crippen molar-refractivity contribution < 1.29 is 9.59 Å². The number of allylic oxidation sites excluding steroid dienone is 2. The fraction of sp³-hybridized carbons (Fsp3) is 0.125. The summed E-state index contributed by atoms with van der Waals surface area (Å²) in [7, 11) is 0. The normalized spacial score (nSPS) is 15.9. The van der Waals surface area contributed by atoms with Crippen molar-refractivity contribution >= 4 is 11.6 Å². The molecule has 0 aliphatic heterocycles. The van der Waals surface area contributed by atoms with Crippen molar-refractivity contribution in [2.24, 2.45) is 0 Å². The quantitative estimate of drug-likeness (QED) is 0.611. The number of ketones is 2. The predicted octanol–water partition coefficient (Wildman–Crippen LogP) is 0.735. The van der Waals surface area contributed by atoms with Crippen LogP contribution in [0.25, 0.3) is 0 Å². The predicted molar refractivity (Wildman–Crippen MR) is 41.0 cm³/mol. The van der Waals surface area contributed by atoms with Crippen molar-refractivity contribution in [1.82, 2.24) is 10.2 Å². The molecule has 1 heterocycles. The highest BCUT2D eigenvalue weighted by Crippen LogP contribution is 2.17. The molecular weight excluding hydrogens is 156 g/mol. The highest BCUT2D eigenvalue weighted by atomic mass is 16.1. The Bertz CT molecular complexity index is 401. The van der Waals surface area contributed by atoms with Gasteiger partial charge < -0.3 is 0 Å². The first-order valence-corrected chi connectivity index (χ1v) is 3.51. The average Bonchev–Trinajstić information content (AvgIpc) is 2.48. The van der Waals surface area contributed by atoms with Gasteiger partial charge in [0.2, 0.25) is 5.78 Å². The Balaban J connectivity index is 2.67. The van der Waals surface area contributed by atoms with E-state index < -0.39 is 0 Å². The van der Waals surface area contributed by atoms with Gasteiger partial charge in [-0.25, -0.2) is 0 Å². The van der Waals surface area contributed by atoms with Crippen molar-refractivity contribution in [2.45, 2.75) is 6.92 Å². The van der Waals surface area contributed by atoms with E-state index in [1.54, 1.807) is 6.92 Å². The molecule has 0 radical (unpaired) electrons. The lowest BCUT2D eigenvalue weighted by atomic mass is 9.96. The third-order valence-corrected chi connectivity index (χ3v) is 1.84. The lowest BCUT2D eigenvalue weighted by Gasteiger charge is -2.05. The summed E-state index contributed by atoms with van der Waals surface area (Å²) in [5.41, 5.74) is 1.14. The summed E-state index contributed by atoms with van der Waals surface area (Å²) in [4.78, 5) is 22.5. The van der Waals surface area contributed by atoms with E-state index in [1.807, 2.05) is 0 Å².